The highest BCUT2D eigenvalue weighted by atomic mass is 32.1. The van der Waals surface area contributed by atoms with Crippen LogP contribution in [-0.2, 0) is 0 Å². The van der Waals surface area contributed by atoms with Gasteiger partial charge in [-0.25, -0.2) is 0 Å². The third-order valence-electron chi connectivity index (χ3n) is 3.10. The molecule has 0 aliphatic carbocycles. The van der Waals surface area contributed by atoms with Gasteiger partial charge in [0.2, 0.25) is 0 Å². The van der Waals surface area contributed by atoms with Gasteiger partial charge in [0.15, 0.2) is 0 Å². The summed E-state index contributed by atoms with van der Waals surface area (Å²) in [6.45, 7) is 1.45. The number of rotatable bonds is 1. The highest BCUT2D eigenvalue weighted by Crippen LogP contribution is 2.40. The van der Waals surface area contributed by atoms with E-state index in [4.69, 9.17) is 0 Å². The van der Waals surface area contributed by atoms with Gasteiger partial charge in [-0.05, 0) is 6.07 Å². The molecule has 0 bridgehead atoms. The summed E-state index contributed by atoms with van der Waals surface area (Å²) < 4.78 is 1.16. The van der Waals surface area contributed by atoms with Gasteiger partial charge in [0.05, 0.1) is 16.1 Å². The topological polar surface area (TPSA) is 44.4 Å². The molecule has 1 aliphatic heterocycles. The number of thiophene rings is 1. The van der Waals surface area contributed by atoms with Gasteiger partial charge in [-0.3, -0.25) is 4.79 Å². The Morgan fingerprint density at radius 2 is 2.00 bits per heavy atom. The van der Waals surface area contributed by atoms with Crippen molar-refractivity contribution in [3.8, 4) is 0 Å². The van der Waals surface area contributed by atoms with Gasteiger partial charge >= 0.3 is 0 Å². The average Bonchev–Trinajstić information content (AvgIpc) is 2.63. The molecule has 5 heteroatoms. The molecule has 1 aliphatic rings. The van der Waals surface area contributed by atoms with E-state index in [1.807, 2.05) is 20.2 Å². The van der Waals surface area contributed by atoms with Crippen molar-refractivity contribution >= 4 is 38.7 Å². The molecule has 0 fully saturated rings. The van der Waals surface area contributed by atoms with E-state index in [0.29, 0.717) is 6.54 Å². The van der Waals surface area contributed by atoms with Crippen molar-refractivity contribution in [1.82, 2.24) is 5.32 Å². The fourth-order valence-electron chi connectivity index (χ4n) is 2.24. The number of benzene rings is 1. The van der Waals surface area contributed by atoms with E-state index >= 15 is 0 Å². The maximum Gasteiger partial charge on any atom is 0.263 e. The van der Waals surface area contributed by atoms with Crippen molar-refractivity contribution in [3.63, 3.8) is 0 Å². The lowest BCUT2D eigenvalue weighted by atomic mass is 10.2. The number of carbonyl (C=O) groups excluding carboxylic acids is 1. The quantitative estimate of drug-likeness (QED) is 0.826. The summed E-state index contributed by atoms with van der Waals surface area (Å²) in [5.74, 6) is 0.0286. The fourth-order valence-corrected chi connectivity index (χ4v) is 3.52. The molecule has 94 valence electrons. The van der Waals surface area contributed by atoms with Crippen molar-refractivity contribution < 1.29 is 4.79 Å². The number of hydrogen-bond donors (Lipinski definition) is 2. The van der Waals surface area contributed by atoms with Crippen LogP contribution in [0.2, 0.25) is 0 Å². The smallest absolute Gasteiger partial charge is 0.263 e. The monoisotopic (exact) mass is 261 g/mol. The van der Waals surface area contributed by atoms with Crippen molar-refractivity contribution in [2.24, 2.45) is 0 Å². The number of nitrogens with zero attached hydrogens (tertiary/aromatic N) is 1. The first-order valence-corrected chi connectivity index (χ1v) is 6.75. The zero-order chi connectivity index (χ0) is 12.7. The summed E-state index contributed by atoms with van der Waals surface area (Å²) in [5, 5.41) is 7.40. The minimum absolute atomic E-state index is 0.0286. The van der Waals surface area contributed by atoms with Crippen LogP contribution in [-0.4, -0.2) is 33.1 Å². The minimum atomic E-state index is 0.0286. The third kappa shape index (κ3) is 1.62. The predicted octanol–water partition coefficient (Wildman–Crippen LogP) is 2.12. The van der Waals surface area contributed by atoms with Gasteiger partial charge in [0.1, 0.15) is 4.88 Å². The Morgan fingerprint density at radius 1 is 1.22 bits per heavy atom. The van der Waals surface area contributed by atoms with E-state index in [2.05, 4.69) is 27.7 Å². The number of amides is 1. The summed E-state index contributed by atoms with van der Waals surface area (Å²) in [5.41, 5.74) is 2.13. The summed E-state index contributed by atoms with van der Waals surface area (Å²) >= 11 is 1.56. The molecule has 18 heavy (non-hydrogen) atoms. The lowest BCUT2D eigenvalue weighted by Crippen LogP contribution is -2.24. The molecule has 0 spiro atoms. The predicted molar refractivity (Wildman–Crippen MR) is 77.0 cm³/mol. The molecule has 1 amide bonds. The van der Waals surface area contributed by atoms with Gasteiger partial charge in [0.25, 0.3) is 5.91 Å². The maximum atomic E-state index is 12.0. The first kappa shape index (κ1) is 11.3. The Labute approximate surface area is 110 Å². The van der Waals surface area contributed by atoms with Gasteiger partial charge in [-0.15, -0.1) is 11.3 Å². The van der Waals surface area contributed by atoms with Crippen LogP contribution in [0.15, 0.2) is 18.2 Å². The molecule has 3 rings (SSSR count). The Kier molecular flexibility index (Phi) is 2.63. The van der Waals surface area contributed by atoms with Crippen LogP contribution in [0.3, 0.4) is 0 Å². The molecule has 0 saturated heterocycles. The standard InChI is InChI=1S/C13H15N3OS/c1-16(2)9-5-3-4-8-10-12(18-11(8)9)13(17)15-7-6-14-10/h3-5,14H,6-7H2,1-2H3,(H,15,17). The molecule has 4 nitrogen and oxygen atoms in total. The van der Waals surface area contributed by atoms with Crippen LogP contribution < -0.4 is 15.5 Å². The van der Waals surface area contributed by atoms with E-state index in [1.54, 1.807) is 11.3 Å². The van der Waals surface area contributed by atoms with E-state index in [0.717, 1.165) is 32.9 Å². The number of anilines is 2. The van der Waals surface area contributed by atoms with Gasteiger partial charge in [-0.1, -0.05) is 12.1 Å². The Balaban J connectivity index is 2.29. The van der Waals surface area contributed by atoms with E-state index in [1.165, 1.54) is 0 Å². The third-order valence-corrected chi connectivity index (χ3v) is 4.32. The lowest BCUT2D eigenvalue weighted by molar-refractivity contribution is 0.0962. The van der Waals surface area contributed by atoms with Gasteiger partial charge in [0, 0.05) is 32.6 Å². The first-order valence-electron chi connectivity index (χ1n) is 5.93. The Morgan fingerprint density at radius 3 is 2.78 bits per heavy atom. The number of hydrogen-bond acceptors (Lipinski definition) is 4. The molecular weight excluding hydrogens is 246 g/mol. The van der Waals surface area contributed by atoms with Crippen LogP contribution >= 0.6 is 11.3 Å². The lowest BCUT2D eigenvalue weighted by Gasteiger charge is -2.13. The summed E-state index contributed by atoms with van der Waals surface area (Å²) in [6.07, 6.45) is 0. The van der Waals surface area contributed by atoms with E-state index < -0.39 is 0 Å². The van der Waals surface area contributed by atoms with Crippen molar-refractivity contribution in [2.75, 3.05) is 37.4 Å². The molecule has 0 atom stereocenters. The molecule has 0 saturated carbocycles. The molecule has 0 unspecified atom stereocenters. The molecule has 2 heterocycles. The van der Waals surface area contributed by atoms with E-state index in [-0.39, 0.29) is 5.91 Å². The summed E-state index contributed by atoms with van der Waals surface area (Å²) in [7, 11) is 4.04. The molecule has 1 aromatic heterocycles. The molecular formula is C13H15N3OS. The summed E-state index contributed by atoms with van der Waals surface area (Å²) in [4.78, 5) is 14.9. The van der Waals surface area contributed by atoms with Crippen LogP contribution in [0.25, 0.3) is 10.1 Å². The number of fused-ring (bicyclic) bond motifs is 3. The van der Waals surface area contributed by atoms with Crippen LogP contribution in [0.4, 0.5) is 11.4 Å². The molecule has 1 aromatic carbocycles. The second-order valence-corrected chi connectivity index (χ2v) is 5.56. The van der Waals surface area contributed by atoms with Crippen molar-refractivity contribution in [3.05, 3.63) is 23.1 Å². The minimum Gasteiger partial charge on any atom is -0.381 e. The van der Waals surface area contributed by atoms with Crippen LogP contribution in [0.5, 0.6) is 0 Å². The average molecular weight is 261 g/mol. The second kappa shape index (κ2) is 4.17. The first-order chi connectivity index (χ1) is 8.68. The number of nitrogens with one attached hydrogen (secondary N) is 2. The van der Waals surface area contributed by atoms with Gasteiger partial charge < -0.3 is 15.5 Å². The summed E-state index contributed by atoms with van der Waals surface area (Å²) in [6, 6.07) is 6.19. The highest BCUT2D eigenvalue weighted by molar-refractivity contribution is 7.22. The molecule has 0 radical (unpaired) electrons. The van der Waals surface area contributed by atoms with Crippen LogP contribution in [0, 0.1) is 0 Å². The van der Waals surface area contributed by atoms with Crippen LogP contribution in [0.1, 0.15) is 9.67 Å². The normalized spacial score (nSPS) is 14.7. The van der Waals surface area contributed by atoms with Crippen molar-refractivity contribution in [2.45, 2.75) is 0 Å². The Bertz CT molecular complexity index is 618. The van der Waals surface area contributed by atoms with Crippen molar-refractivity contribution in [1.29, 1.82) is 0 Å². The highest BCUT2D eigenvalue weighted by Gasteiger charge is 2.22. The number of carbonyl (C=O) groups is 1. The SMILES string of the molecule is CN(C)c1cccc2c3c(sc12)C(=O)NCCN3. The molecule has 2 N–H and O–H groups in total. The zero-order valence-electron chi connectivity index (χ0n) is 10.4. The van der Waals surface area contributed by atoms with Gasteiger partial charge in [-0.2, -0.15) is 0 Å². The Hall–Kier alpha value is -1.75. The fraction of sp³-hybridized carbons (Fsp3) is 0.308. The zero-order valence-corrected chi connectivity index (χ0v) is 11.2. The maximum absolute atomic E-state index is 12.0. The second-order valence-electron chi connectivity index (χ2n) is 4.54. The largest absolute Gasteiger partial charge is 0.381 e. The van der Waals surface area contributed by atoms with E-state index in [9.17, 15) is 4.79 Å². The molecule has 2 aromatic rings.